The van der Waals surface area contributed by atoms with Gasteiger partial charge in [-0.3, -0.25) is 14.9 Å². The number of nitro groups is 1. The van der Waals surface area contributed by atoms with E-state index in [4.69, 9.17) is 0 Å². The van der Waals surface area contributed by atoms with Crippen LogP contribution in [0.1, 0.15) is 10.4 Å². The predicted molar refractivity (Wildman–Crippen MR) is 127 cm³/mol. The van der Waals surface area contributed by atoms with Gasteiger partial charge in [-0.15, -0.1) is 0 Å². The number of benzene rings is 4. The number of carbonyl (C=O) groups is 1. The van der Waals surface area contributed by atoms with Crippen LogP contribution < -0.4 is 0 Å². The van der Waals surface area contributed by atoms with Gasteiger partial charge in [-0.25, -0.2) is 8.42 Å². The van der Waals surface area contributed by atoms with E-state index in [9.17, 15) is 23.3 Å². The average Bonchev–Trinajstić information content (AvgIpc) is 2.85. The Morgan fingerprint density at radius 2 is 1.36 bits per heavy atom. The Kier molecular flexibility index (Phi) is 6.39. The summed E-state index contributed by atoms with van der Waals surface area (Å²) in [7, 11) is -4.33. The van der Waals surface area contributed by atoms with E-state index in [0.717, 1.165) is 45.2 Å². The summed E-state index contributed by atoms with van der Waals surface area (Å²) in [6.07, 6.45) is 0. The Bertz CT molecular complexity index is 1420. The van der Waals surface area contributed by atoms with Crippen molar-refractivity contribution in [1.82, 2.24) is 0 Å². The molecule has 6 nitrogen and oxygen atoms in total. The summed E-state index contributed by atoms with van der Waals surface area (Å²) in [6.45, 7) is 0. The maximum Gasteiger partial charge on any atom is 0.281 e. The average molecular weight is 476 g/mol. The van der Waals surface area contributed by atoms with Crippen LogP contribution in [0.3, 0.4) is 0 Å². The topological polar surface area (TPSA) is 94.3 Å². The SMILES string of the molecule is O=C(c1ccc(-c2ccccc2Sc2ccccc2)cc1)S(=O)(=O)c1ccc([N+](=O)[O-])cc1. The zero-order chi connectivity index (χ0) is 23.4. The molecule has 0 aliphatic heterocycles. The summed E-state index contributed by atoms with van der Waals surface area (Å²) in [6, 6.07) is 28.4. The first-order valence-corrected chi connectivity index (χ1v) is 12.1. The van der Waals surface area contributed by atoms with E-state index in [1.165, 1.54) is 12.1 Å². The van der Waals surface area contributed by atoms with Gasteiger partial charge in [0.05, 0.1) is 9.82 Å². The van der Waals surface area contributed by atoms with Crippen LogP contribution in [0.2, 0.25) is 0 Å². The predicted octanol–water partition coefficient (Wildman–Crippen LogP) is 6.03. The van der Waals surface area contributed by atoms with Gasteiger partial charge in [-0.1, -0.05) is 60.3 Å². The molecule has 4 rings (SSSR count). The highest BCUT2D eigenvalue weighted by molar-refractivity contribution is 8.06. The first-order chi connectivity index (χ1) is 15.9. The smallest absolute Gasteiger partial charge is 0.276 e. The molecule has 0 N–H and O–H groups in total. The van der Waals surface area contributed by atoms with Crippen LogP contribution in [-0.4, -0.2) is 18.5 Å². The first kappa shape index (κ1) is 22.4. The number of hydrogen-bond acceptors (Lipinski definition) is 6. The van der Waals surface area contributed by atoms with Gasteiger partial charge in [0.25, 0.3) is 10.8 Å². The van der Waals surface area contributed by atoms with Gasteiger partial charge in [-0.05, 0) is 53.6 Å². The molecule has 0 amide bonds. The number of nitro benzene ring substituents is 1. The second-order valence-corrected chi connectivity index (χ2v) is 9.99. The summed E-state index contributed by atoms with van der Waals surface area (Å²) in [5, 5.41) is 9.72. The molecule has 33 heavy (non-hydrogen) atoms. The van der Waals surface area contributed by atoms with Gasteiger partial charge >= 0.3 is 0 Å². The maximum atomic E-state index is 12.7. The fourth-order valence-electron chi connectivity index (χ4n) is 3.20. The van der Waals surface area contributed by atoms with E-state index in [1.54, 1.807) is 23.9 Å². The molecule has 0 heterocycles. The van der Waals surface area contributed by atoms with Crippen molar-refractivity contribution in [2.24, 2.45) is 0 Å². The molecule has 0 atom stereocenters. The second-order valence-electron chi connectivity index (χ2n) is 7.03. The normalized spacial score (nSPS) is 11.2. The lowest BCUT2D eigenvalue weighted by atomic mass is 10.0. The number of rotatable bonds is 6. The third-order valence-electron chi connectivity index (χ3n) is 4.89. The second kappa shape index (κ2) is 9.40. The minimum atomic E-state index is -4.33. The van der Waals surface area contributed by atoms with E-state index in [-0.39, 0.29) is 16.1 Å². The lowest BCUT2D eigenvalue weighted by Gasteiger charge is -2.10. The Balaban J connectivity index is 1.60. The van der Waals surface area contributed by atoms with Crippen LogP contribution in [-0.2, 0) is 9.84 Å². The molecule has 4 aromatic rings. The van der Waals surface area contributed by atoms with Gasteiger partial charge in [0.15, 0.2) is 0 Å². The molecular weight excluding hydrogens is 458 g/mol. The largest absolute Gasteiger partial charge is 0.281 e. The quantitative estimate of drug-likeness (QED) is 0.250. The van der Waals surface area contributed by atoms with Crippen molar-refractivity contribution < 1.29 is 18.1 Å². The Hall–Kier alpha value is -3.75. The summed E-state index contributed by atoms with van der Waals surface area (Å²) in [4.78, 5) is 24.7. The highest BCUT2D eigenvalue weighted by Crippen LogP contribution is 2.36. The Labute approximate surface area is 195 Å². The van der Waals surface area contributed by atoms with Crippen molar-refractivity contribution in [1.29, 1.82) is 0 Å². The third-order valence-corrected chi connectivity index (χ3v) is 7.59. The molecule has 0 radical (unpaired) electrons. The molecule has 164 valence electrons. The van der Waals surface area contributed by atoms with Crippen LogP contribution in [0, 0.1) is 10.1 Å². The van der Waals surface area contributed by atoms with Crippen LogP contribution in [0.15, 0.2) is 118 Å². The van der Waals surface area contributed by atoms with Crippen molar-refractivity contribution in [2.45, 2.75) is 14.7 Å². The molecule has 0 aliphatic rings. The third kappa shape index (κ3) is 4.87. The van der Waals surface area contributed by atoms with Crippen molar-refractivity contribution in [2.75, 3.05) is 0 Å². The zero-order valence-corrected chi connectivity index (χ0v) is 18.8. The van der Waals surface area contributed by atoms with E-state index >= 15 is 0 Å². The van der Waals surface area contributed by atoms with Gasteiger partial charge in [0, 0.05) is 27.5 Å². The summed E-state index contributed by atoms with van der Waals surface area (Å²) >= 11 is 1.61. The minimum absolute atomic E-state index is 0.0188. The Morgan fingerprint density at radius 1 is 0.758 bits per heavy atom. The summed E-state index contributed by atoms with van der Waals surface area (Å²) in [5.41, 5.74) is 1.57. The molecule has 0 aliphatic carbocycles. The Morgan fingerprint density at radius 3 is 2.00 bits per heavy atom. The molecule has 0 saturated carbocycles. The van der Waals surface area contributed by atoms with Crippen molar-refractivity contribution >= 4 is 32.4 Å². The molecule has 0 spiro atoms. The number of sulfone groups is 1. The van der Waals surface area contributed by atoms with Crippen molar-refractivity contribution in [3.05, 3.63) is 119 Å². The summed E-state index contributed by atoms with van der Waals surface area (Å²) in [5.74, 6) is 0. The fraction of sp³-hybridized carbons (Fsp3) is 0. The van der Waals surface area contributed by atoms with E-state index in [1.807, 2.05) is 54.6 Å². The van der Waals surface area contributed by atoms with Gasteiger partial charge in [0.1, 0.15) is 0 Å². The lowest BCUT2D eigenvalue weighted by molar-refractivity contribution is -0.384. The van der Waals surface area contributed by atoms with Crippen molar-refractivity contribution in [3.63, 3.8) is 0 Å². The van der Waals surface area contributed by atoms with Crippen LogP contribution in [0.4, 0.5) is 5.69 Å². The van der Waals surface area contributed by atoms with Crippen LogP contribution in [0.25, 0.3) is 11.1 Å². The highest BCUT2D eigenvalue weighted by Gasteiger charge is 2.27. The number of hydrogen-bond donors (Lipinski definition) is 0. The first-order valence-electron chi connectivity index (χ1n) is 9.82. The van der Waals surface area contributed by atoms with Gasteiger partial charge in [0.2, 0.25) is 9.84 Å². The number of carbonyl (C=O) groups excluding carboxylic acids is 1. The minimum Gasteiger partial charge on any atom is -0.276 e. The summed E-state index contributed by atoms with van der Waals surface area (Å²) < 4.78 is 25.4. The van der Waals surface area contributed by atoms with E-state index < -0.39 is 19.9 Å². The zero-order valence-electron chi connectivity index (χ0n) is 17.1. The maximum absolute atomic E-state index is 12.7. The molecule has 8 heteroatoms. The van der Waals surface area contributed by atoms with Crippen molar-refractivity contribution in [3.8, 4) is 11.1 Å². The molecule has 0 saturated heterocycles. The molecule has 0 bridgehead atoms. The fourth-order valence-corrected chi connectivity index (χ4v) is 5.35. The monoisotopic (exact) mass is 475 g/mol. The lowest BCUT2D eigenvalue weighted by Crippen LogP contribution is -2.15. The van der Waals surface area contributed by atoms with E-state index in [0.29, 0.717) is 0 Å². The van der Waals surface area contributed by atoms with Gasteiger partial charge in [-0.2, -0.15) is 0 Å². The standard InChI is InChI=1S/C25H17NO5S2/c27-25(33(30,31)22-16-14-20(15-17-22)26(28)29)19-12-10-18(11-13-19)23-8-4-5-9-24(23)32-21-6-2-1-3-7-21/h1-17H. The highest BCUT2D eigenvalue weighted by atomic mass is 32.2. The molecular formula is C25H17NO5S2. The number of non-ortho nitro benzene ring substituents is 1. The number of nitrogens with zero attached hydrogens (tertiary/aromatic N) is 1. The molecule has 0 fully saturated rings. The van der Waals surface area contributed by atoms with Crippen LogP contribution in [0.5, 0.6) is 0 Å². The molecule has 0 unspecified atom stereocenters. The van der Waals surface area contributed by atoms with Crippen LogP contribution >= 0.6 is 11.8 Å². The van der Waals surface area contributed by atoms with E-state index in [2.05, 4.69) is 0 Å². The molecule has 0 aromatic heterocycles. The molecule has 4 aromatic carbocycles. The van der Waals surface area contributed by atoms with Gasteiger partial charge < -0.3 is 0 Å².